The number of aromatic nitrogens is 2. The molecule has 14 heavy (non-hydrogen) atoms. The molecule has 1 rings (SSSR count). The molecule has 0 bridgehead atoms. The summed E-state index contributed by atoms with van der Waals surface area (Å²) in [7, 11) is 2.03. The Balaban J connectivity index is 2.75. The molecule has 0 fully saturated rings. The number of rotatable bonds is 4. The molecule has 2 N–H and O–H groups in total. The minimum Gasteiger partial charge on any atom is -0.356 e. The Kier molecular flexibility index (Phi) is 3.83. The minimum atomic E-state index is 0.445. The highest BCUT2D eigenvalue weighted by Crippen LogP contribution is 2.11. The predicted octanol–water partition coefficient (Wildman–Crippen LogP) is 1.17. The van der Waals surface area contributed by atoms with Gasteiger partial charge in [-0.15, -0.1) is 0 Å². The van der Waals surface area contributed by atoms with Gasteiger partial charge in [0.2, 0.25) is 0 Å². The van der Waals surface area contributed by atoms with Crippen LogP contribution in [0.15, 0.2) is 12.4 Å². The van der Waals surface area contributed by atoms with Crippen LogP contribution in [0.5, 0.6) is 0 Å². The van der Waals surface area contributed by atoms with Crippen molar-refractivity contribution in [3.63, 3.8) is 0 Å². The van der Waals surface area contributed by atoms with E-state index in [-0.39, 0.29) is 0 Å². The summed E-state index contributed by atoms with van der Waals surface area (Å²) in [6, 6.07) is 0.480. The summed E-state index contributed by atoms with van der Waals surface area (Å²) in [5.41, 5.74) is 6.27. The summed E-state index contributed by atoms with van der Waals surface area (Å²) in [4.78, 5) is 10.6. The molecule has 0 saturated carbocycles. The molecule has 1 heterocycles. The number of hydrogen-bond donors (Lipinski definition) is 1. The second kappa shape index (κ2) is 4.91. The molecular weight excluding hydrogens is 176 g/mol. The summed E-state index contributed by atoms with van der Waals surface area (Å²) in [5.74, 6) is 0.900. The van der Waals surface area contributed by atoms with E-state index in [0.717, 1.165) is 17.9 Å². The first kappa shape index (κ1) is 10.9. The minimum absolute atomic E-state index is 0.445. The Bertz CT molecular complexity index is 270. The van der Waals surface area contributed by atoms with Gasteiger partial charge in [-0.1, -0.05) is 6.92 Å². The molecule has 4 nitrogen and oxygen atoms in total. The normalized spacial score (nSPS) is 12.6. The number of anilines is 1. The van der Waals surface area contributed by atoms with E-state index in [1.54, 1.807) is 12.4 Å². The molecule has 0 aliphatic heterocycles. The summed E-state index contributed by atoms with van der Waals surface area (Å²) >= 11 is 0. The van der Waals surface area contributed by atoms with Crippen molar-refractivity contribution in [2.24, 2.45) is 5.73 Å². The van der Waals surface area contributed by atoms with Crippen LogP contribution in [0.3, 0.4) is 0 Å². The van der Waals surface area contributed by atoms with Gasteiger partial charge in [0.05, 0.1) is 18.1 Å². The highest BCUT2D eigenvalue weighted by molar-refractivity contribution is 5.35. The molecule has 0 amide bonds. The van der Waals surface area contributed by atoms with Gasteiger partial charge in [0, 0.05) is 19.6 Å². The van der Waals surface area contributed by atoms with E-state index in [2.05, 4.69) is 28.7 Å². The van der Waals surface area contributed by atoms with Crippen LogP contribution < -0.4 is 10.6 Å². The second-order valence-electron chi connectivity index (χ2n) is 3.44. The van der Waals surface area contributed by atoms with Crippen molar-refractivity contribution in [2.75, 3.05) is 11.9 Å². The van der Waals surface area contributed by atoms with Gasteiger partial charge in [0.25, 0.3) is 0 Å². The quantitative estimate of drug-likeness (QED) is 0.781. The van der Waals surface area contributed by atoms with Gasteiger partial charge >= 0.3 is 0 Å². The first-order chi connectivity index (χ1) is 6.69. The van der Waals surface area contributed by atoms with Crippen LogP contribution in [0.2, 0.25) is 0 Å². The molecule has 0 aliphatic rings. The number of nitrogens with zero attached hydrogens (tertiary/aromatic N) is 3. The number of hydrogen-bond acceptors (Lipinski definition) is 4. The van der Waals surface area contributed by atoms with Gasteiger partial charge in [-0.25, -0.2) is 4.98 Å². The molecule has 0 saturated heterocycles. The van der Waals surface area contributed by atoms with Crippen molar-refractivity contribution in [3.8, 4) is 0 Å². The van der Waals surface area contributed by atoms with Gasteiger partial charge in [0.1, 0.15) is 5.82 Å². The van der Waals surface area contributed by atoms with Crippen LogP contribution in [0.25, 0.3) is 0 Å². The maximum absolute atomic E-state index is 5.45. The molecule has 78 valence electrons. The molecule has 4 heteroatoms. The highest BCUT2D eigenvalue weighted by atomic mass is 15.2. The standard InChI is InChI=1S/C10H18N4/c1-4-8(2)14(3)10-7-12-9(5-11)6-13-10/h6-8H,4-5,11H2,1-3H3. The van der Waals surface area contributed by atoms with Crippen molar-refractivity contribution in [1.82, 2.24) is 9.97 Å². The van der Waals surface area contributed by atoms with Gasteiger partial charge in [-0.3, -0.25) is 4.98 Å². The van der Waals surface area contributed by atoms with Crippen molar-refractivity contribution < 1.29 is 0 Å². The van der Waals surface area contributed by atoms with Crippen LogP contribution >= 0.6 is 0 Å². The van der Waals surface area contributed by atoms with E-state index in [1.807, 2.05) is 7.05 Å². The molecule has 0 spiro atoms. The molecule has 1 atom stereocenters. The Morgan fingerprint density at radius 3 is 2.57 bits per heavy atom. The van der Waals surface area contributed by atoms with Crippen LogP contribution in [-0.2, 0) is 6.54 Å². The largest absolute Gasteiger partial charge is 0.356 e. The van der Waals surface area contributed by atoms with Crippen molar-refractivity contribution in [1.29, 1.82) is 0 Å². The van der Waals surface area contributed by atoms with Crippen molar-refractivity contribution >= 4 is 5.82 Å². The fourth-order valence-corrected chi connectivity index (χ4v) is 1.14. The molecule has 0 radical (unpaired) electrons. The summed E-state index contributed by atoms with van der Waals surface area (Å²) in [5, 5.41) is 0. The zero-order valence-corrected chi connectivity index (χ0v) is 9.07. The molecule has 0 aromatic carbocycles. The maximum atomic E-state index is 5.45. The lowest BCUT2D eigenvalue weighted by molar-refractivity contribution is 0.655. The van der Waals surface area contributed by atoms with E-state index in [4.69, 9.17) is 5.73 Å². The van der Waals surface area contributed by atoms with Gasteiger partial charge in [-0.05, 0) is 13.3 Å². The lowest BCUT2D eigenvalue weighted by Crippen LogP contribution is -2.28. The average molecular weight is 194 g/mol. The van der Waals surface area contributed by atoms with Crippen molar-refractivity contribution in [2.45, 2.75) is 32.9 Å². The van der Waals surface area contributed by atoms with Crippen LogP contribution in [0.4, 0.5) is 5.82 Å². The average Bonchev–Trinajstić information content (AvgIpc) is 2.27. The van der Waals surface area contributed by atoms with Crippen LogP contribution in [0.1, 0.15) is 26.0 Å². The van der Waals surface area contributed by atoms with Crippen molar-refractivity contribution in [3.05, 3.63) is 18.1 Å². The monoisotopic (exact) mass is 194 g/mol. The van der Waals surface area contributed by atoms with E-state index in [9.17, 15) is 0 Å². The Hall–Kier alpha value is -1.16. The Morgan fingerprint density at radius 2 is 2.14 bits per heavy atom. The summed E-state index contributed by atoms with van der Waals surface area (Å²) in [6.45, 7) is 4.77. The van der Waals surface area contributed by atoms with Crippen LogP contribution in [0, 0.1) is 0 Å². The predicted molar refractivity (Wildman–Crippen MR) is 58.1 cm³/mol. The highest BCUT2D eigenvalue weighted by Gasteiger charge is 2.08. The topological polar surface area (TPSA) is 55.0 Å². The third kappa shape index (κ3) is 2.42. The lowest BCUT2D eigenvalue weighted by Gasteiger charge is -2.24. The molecule has 1 unspecified atom stereocenters. The van der Waals surface area contributed by atoms with Crippen LogP contribution in [-0.4, -0.2) is 23.1 Å². The molecule has 1 aromatic heterocycles. The fraction of sp³-hybridized carbons (Fsp3) is 0.600. The fourth-order valence-electron chi connectivity index (χ4n) is 1.14. The second-order valence-corrected chi connectivity index (χ2v) is 3.44. The zero-order chi connectivity index (χ0) is 10.6. The Labute approximate surface area is 85.2 Å². The summed E-state index contributed by atoms with van der Waals surface area (Å²) < 4.78 is 0. The van der Waals surface area contributed by atoms with Gasteiger partial charge in [-0.2, -0.15) is 0 Å². The number of nitrogens with two attached hydrogens (primary N) is 1. The first-order valence-electron chi connectivity index (χ1n) is 4.92. The first-order valence-corrected chi connectivity index (χ1v) is 4.92. The van der Waals surface area contributed by atoms with E-state index < -0.39 is 0 Å². The zero-order valence-electron chi connectivity index (χ0n) is 9.07. The van der Waals surface area contributed by atoms with E-state index in [1.165, 1.54) is 0 Å². The molecule has 1 aromatic rings. The smallest absolute Gasteiger partial charge is 0.147 e. The molecular formula is C10H18N4. The lowest BCUT2D eigenvalue weighted by atomic mass is 10.2. The van der Waals surface area contributed by atoms with E-state index in [0.29, 0.717) is 12.6 Å². The maximum Gasteiger partial charge on any atom is 0.147 e. The molecule has 0 aliphatic carbocycles. The third-order valence-corrected chi connectivity index (χ3v) is 2.51. The van der Waals surface area contributed by atoms with E-state index >= 15 is 0 Å². The van der Waals surface area contributed by atoms with Gasteiger partial charge in [0.15, 0.2) is 0 Å². The van der Waals surface area contributed by atoms with Gasteiger partial charge < -0.3 is 10.6 Å². The summed E-state index contributed by atoms with van der Waals surface area (Å²) in [6.07, 6.45) is 4.60. The third-order valence-electron chi connectivity index (χ3n) is 2.51. The Morgan fingerprint density at radius 1 is 1.43 bits per heavy atom. The SMILES string of the molecule is CCC(C)N(C)c1cnc(CN)cn1.